The number of hydrogen-bond donors (Lipinski definition) is 1. The fourth-order valence-corrected chi connectivity index (χ4v) is 2.23. The number of benzene rings is 1. The molecule has 1 N–H and O–H groups in total. The zero-order valence-corrected chi connectivity index (χ0v) is 11.9. The molecule has 0 spiro atoms. The molecular formula is C15H23NS. The number of para-hydroxylation sites is 1. The second-order valence-electron chi connectivity index (χ2n) is 5.33. The summed E-state index contributed by atoms with van der Waals surface area (Å²) in [4.78, 5) is 1.31. The van der Waals surface area contributed by atoms with Gasteiger partial charge in [0.1, 0.15) is 0 Å². The smallest absolute Gasteiger partial charge is 0.0478 e. The van der Waals surface area contributed by atoms with Crippen LogP contribution < -0.4 is 5.32 Å². The van der Waals surface area contributed by atoms with E-state index in [9.17, 15) is 0 Å². The number of rotatable bonds is 6. The maximum Gasteiger partial charge on any atom is 0.0478 e. The normalized spacial score (nSPS) is 11.2. The first-order valence-electron chi connectivity index (χ1n) is 6.09. The quantitative estimate of drug-likeness (QED) is 0.573. The van der Waals surface area contributed by atoms with Crippen molar-refractivity contribution < 1.29 is 0 Å². The van der Waals surface area contributed by atoms with Gasteiger partial charge in [-0.25, -0.2) is 0 Å². The molecule has 0 heterocycles. The summed E-state index contributed by atoms with van der Waals surface area (Å²) in [6, 6.07) is 8.47. The molecule has 0 aromatic heterocycles. The Balaban J connectivity index is 2.54. The van der Waals surface area contributed by atoms with Gasteiger partial charge in [-0.2, -0.15) is 0 Å². The van der Waals surface area contributed by atoms with Crippen molar-refractivity contribution in [2.45, 2.75) is 32.1 Å². The average Bonchev–Trinajstić information content (AvgIpc) is 2.26. The van der Waals surface area contributed by atoms with Gasteiger partial charge in [0.2, 0.25) is 0 Å². The van der Waals surface area contributed by atoms with Crippen LogP contribution in [-0.4, -0.2) is 12.3 Å². The Morgan fingerprint density at radius 1 is 1.29 bits per heavy atom. The van der Waals surface area contributed by atoms with E-state index in [0.29, 0.717) is 5.41 Å². The summed E-state index contributed by atoms with van der Waals surface area (Å²) in [6.45, 7) is 11.6. The number of anilines is 1. The highest BCUT2D eigenvalue weighted by molar-refractivity contribution is 7.99. The van der Waals surface area contributed by atoms with E-state index in [1.807, 2.05) is 17.8 Å². The van der Waals surface area contributed by atoms with Gasteiger partial charge < -0.3 is 5.32 Å². The molecule has 1 nitrogen and oxygen atoms in total. The molecule has 17 heavy (non-hydrogen) atoms. The van der Waals surface area contributed by atoms with E-state index < -0.39 is 0 Å². The lowest BCUT2D eigenvalue weighted by Crippen LogP contribution is -2.13. The molecule has 1 rings (SSSR count). The molecule has 94 valence electrons. The van der Waals surface area contributed by atoms with Gasteiger partial charge in [-0.1, -0.05) is 39.0 Å². The third-order valence-electron chi connectivity index (χ3n) is 2.43. The lowest BCUT2D eigenvalue weighted by molar-refractivity contribution is 0.389. The maximum absolute atomic E-state index is 3.76. The molecule has 0 radical (unpaired) electrons. The monoisotopic (exact) mass is 249 g/mol. The third-order valence-corrected chi connectivity index (χ3v) is 3.50. The van der Waals surface area contributed by atoms with Crippen LogP contribution in [0.5, 0.6) is 0 Å². The summed E-state index contributed by atoms with van der Waals surface area (Å²) in [5.41, 5.74) is 1.62. The summed E-state index contributed by atoms with van der Waals surface area (Å²) in [7, 11) is 0. The minimum Gasteiger partial charge on any atom is -0.384 e. The topological polar surface area (TPSA) is 12.0 Å². The van der Waals surface area contributed by atoms with Gasteiger partial charge in [0.25, 0.3) is 0 Å². The van der Waals surface area contributed by atoms with Crippen LogP contribution in [0.3, 0.4) is 0 Å². The highest BCUT2D eigenvalue weighted by Gasteiger charge is 2.09. The van der Waals surface area contributed by atoms with Gasteiger partial charge in [-0.05, 0) is 24.0 Å². The lowest BCUT2D eigenvalue weighted by Gasteiger charge is -2.19. The molecule has 0 aliphatic heterocycles. The Morgan fingerprint density at radius 3 is 2.65 bits per heavy atom. The zero-order valence-electron chi connectivity index (χ0n) is 11.1. The van der Waals surface area contributed by atoms with Crippen LogP contribution in [0, 0.1) is 5.41 Å². The molecule has 0 aliphatic carbocycles. The van der Waals surface area contributed by atoms with Crippen LogP contribution in [0.15, 0.2) is 41.8 Å². The van der Waals surface area contributed by atoms with Crippen LogP contribution in [-0.2, 0) is 0 Å². The minimum absolute atomic E-state index is 0.385. The van der Waals surface area contributed by atoms with Crippen molar-refractivity contribution in [3.05, 3.63) is 36.9 Å². The van der Waals surface area contributed by atoms with Crippen molar-refractivity contribution in [2.24, 2.45) is 5.41 Å². The van der Waals surface area contributed by atoms with Gasteiger partial charge in [0.15, 0.2) is 0 Å². The molecule has 1 aromatic rings. The molecule has 0 atom stereocenters. The number of nitrogens with one attached hydrogen (secondary N) is 1. The Labute approximate surface area is 110 Å². The van der Waals surface area contributed by atoms with E-state index in [1.165, 1.54) is 17.0 Å². The average molecular weight is 249 g/mol. The fraction of sp³-hybridized carbons (Fsp3) is 0.467. The second kappa shape index (κ2) is 6.75. The van der Waals surface area contributed by atoms with Gasteiger partial charge in [-0.3, -0.25) is 0 Å². The third kappa shape index (κ3) is 5.83. The van der Waals surface area contributed by atoms with Crippen LogP contribution in [0.1, 0.15) is 27.2 Å². The Hall–Kier alpha value is -0.890. The molecule has 1 aromatic carbocycles. The van der Waals surface area contributed by atoms with Crippen molar-refractivity contribution >= 4 is 17.4 Å². The SMILES string of the molecule is C=CCSc1ccccc1NCCC(C)(C)C. The molecule has 0 unspecified atom stereocenters. The Morgan fingerprint density at radius 2 is 2.00 bits per heavy atom. The van der Waals surface area contributed by atoms with E-state index in [0.717, 1.165) is 12.3 Å². The summed E-state index contributed by atoms with van der Waals surface area (Å²) in [5, 5.41) is 3.52. The van der Waals surface area contributed by atoms with E-state index in [2.05, 4.69) is 56.9 Å². The first kappa shape index (κ1) is 14.2. The Bertz CT molecular complexity index is 352. The molecule has 0 aliphatic rings. The number of thioether (sulfide) groups is 1. The molecule has 0 saturated heterocycles. The molecule has 2 heteroatoms. The van der Waals surface area contributed by atoms with E-state index >= 15 is 0 Å². The molecule has 0 bridgehead atoms. The van der Waals surface area contributed by atoms with Crippen LogP contribution in [0.4, 0.5) is 5.69 Å². The van der Waals surface area contributed by atoms with Crippen LogP contribution >= 0.6 is 11.8 Å². The van der Waals surface area contributed by atoms with Crippen molar-refractivity contribution in [1.82, 2.24) is 0 Å². The zero-order chi connectivity index (χ0) is 12.7. The molecule has 0 fully saturated rings. The minimum atomic E-state index is 0.385. The first-order chi connectivity index (χ1) is 8.03. The highest BCUT2D eigenvalue weighted by atomic mass is 32.2. The molecular weight excluding hydrogens is 226 g/mol. The van der Waals surface area contributed by atoms with Crippen molar-refractivity contribution in [3.63, 3.8) is 0 Å². The van der Waals surface area contributed by atoms with E-state index in [4.69, 9.17) is 0 Å². The van der Waals surface area contributed by atoms with Crippen molar-refractivity contribution in [1.29, 1.82) is 0 Å². The van der Waals surface area contributed by atoms with E-state index in [1.54, 1.807) is 0 Å². The number of hydrogen-bond acceptors (Lipinski definition) is 2. The molecule has 0 amide bonds. The van der Waals surface area contributed by atoms with Gasteiger partial charge in [0, 0.05) is 22.9 Å². The maximum atomic E-state index is 3.76. The summed E-state index contributed by atoms with van der Waals surface area (Å²) < 4.78 is 0. The summed E-state index contributed by atoms with van der Waals surface area (Å²) in [6.07, 6.45) is 3.12. The van der Waals surface area contributed by atoms with Crippen molar-refractivity contribution in [3.8, 4) is 0 Å². The predicted octanol–water partition coefficient (Wildman–Crippen LogP) is 4.81. The summed E-state index contributed by atoms with van der Waals surface area (Å²) >= 11 is 1.82. The van der Waals surface area contributed by atoms with Gasteiger partial charge in [0.05, 0.1) is 0 Å². The Kier molecular flexibility index (Phi) is 5.63. The van der Waals surface area contributed by atoms with Crippen LogP contribution in [0.25, 0.3) is 0 Å². The lowest BCUT2D eigenvalue weighted by atomic mass is 9.92. The van der Waals surface area contributed by atoms with E-state index in [-0.39, 0.29) is 0 Å². The first-order valence-corrected chi connectivity index (χ1v) is 7.08. The van der Waals surface area contributed by atoms with Crippen molar-refractivity contribution in [2.75, 3.05) is 17.6 Å². The standard InChI is InChI=1S/C15H23NS/c1-5-12-17-14-9-7-6-8-13(14)16-11-10-15(2,3)4/h5-9,16H,1,10-12H2,2-4H3. The predicted molar refractivity (Wildman–Crippen MR) is 79.9 cm³/mol. The van der Waals surface area contributed by atoms with Gasteiger partial charge in [-0.15, -0.1) is 18.3 Å². The highest BCUT2D eigenvalue weighted by Crippen LogP contribution is 2.27. The molecule has 0 saturated carbocycles. The largest absolute Gasteiger partial charge is 0.384 e. The van der Waals surface area contributed by atoms with Crippen LogP contribution in [0.2, 0.25) is 0 Å². The second-order valence-corrected chi connectivity index (χ2v) is 6.40. The van der Waals surface area contributed by atoms with Gasteiger partial charge >= 0.3 is 0 Å². The summed E-state index contributed by atoms with van der Waals surface area (Å²) in [5.74, 6) is 0.956. The fourth-order valence-electron chi connectivity index (χ4n) is 1.46.